The fourth-order valence-corrected chi connectivity index (χ4v) is 7.54. The van der Waals surface area contributed by atoms with Gasteiger partial charge in [-0.3, -0.25) is 19.5 Å². The largest absolute Gasteiger partial charge is 0.294 e. The molecule has 1 N–H and O–H groups in total. The minimum absolute atomic E-state index is 0.160. The molecule has 1 aliphatic heterocycles. The third-order valence-electron chi connectivity index (χ3n) is 10.2. The van der Waals surface area contributed by atoms with Gasteiger partial charge >= 0.3 is 0 Å². The van der Waals surface area contributed by atoms with Crippen molar-refractivity contribution in [2.24, 2.45) is 0 Å². The van der Waals surface area contributed by atoms with E-state index < -0.39 is 11.6 Å². The third-order valence-corrected chi connectivity index (χ3v) is 10.2. The monoisotopic (exact) mass is 697 g/mol. The number of anilines is 1. The van der Waals surface area contributed by atoms with Crippen LogP contribution in [-0.2, 0) is 23.2 Å². The van der Waals surface area contributed by atoms with E-state index >= 15 is 0 Å². The van der Waals surface area contributed by atoms with Crippen LogP contribution in [0.2, 0.25) is 0 Å². The quantitative estimate of drug-likeness (QED) is 0.138. The summed E-state index contributed by atoms with van der Waals surface area (Å²) < 4.78 is 3.44. The number of carbonyl (C=O) groups excluding carboxylic acids is 1. The summed E-state index contributed by atoms with van der Waals surface area (Å²) in [6.45, 7) is 3.85. The Morgan fingerprint density at radius 3 is 1.87 bits per heavy atom. The molecule has 1 aliphatic rings. The summed E-state index contributed by atoms with van der Waals surface area (Å²) in [6, 6.07) is 47.0. The molecule has 0 bridgehead atoms. The average Bonchev–Trinajstić information content (AvgIpc) is 3.81. The highest BCUT2D eigenvalue weighted by atomic mass is 16.2. The van der Waals surface area contributed by atoms with Gasteiger partial charge in [-0.15, -0.1) is 5.10 Å². The number of nitrogens with one attached hydrogen (secondary N) is 1. The van der Waals surface area contributed by atoms with Crippen LogP contribution in [-0.4, -0.2) is 35.7 Å². The molecule has 0 aliphatic carbocycles. The maximum Gasteiger partial charge on any atom is 0.259 e. The van der Waals surface area contributed by atoms with Gasteiger partial charge in [-0.05, 0) is 63.6 Å². The molecule has 0 radical (unpaired) electrons. The zero-order chi connectivity index (χ0) is 36.4. The molecule has 9 nitrogen and oxygen atoms in total. The van der Waals surface area contributed by atoms with Crippen molar-refractivity contribution in [1.29, 1.82) is 0 Å². The highest BCUT2D eigenvalue weighted by Crippen LogP contribution is 2.43. The van der Waals surface area contributed by atoms with Gasteiger partial charge in [0.05, 0.1) is 5.69 Å². The maximum atomic E-state index is 13.8. The number of unbranched alkanes of at least 4 members (excludes halogenated alkanes) is 1. The average molecular weight is 698 g/mol. The Hall–Kier alpha value is -6.48. The lowest BCUT2D eigenvalue weighted by molar-refractivity contribution is -0.117. The zero-order valence-corrected chi connectivity index (χ0v) is 29.7. The van der Waals surface area contributed by atoms with Gasteiger partial charge in [-0.1, -0.05) is 153 Å². The molecule has 2 aromatic heterocycles. The summed E-state index contributed by atoms with van der Waals surface area (Å²) in [5.41, 5.74) is 7.24. The molecule has 0 spiro atoms. The molecule has 1 amide bonds. The number of tetrazole rings is 1. The molecule has 3 heterocycles. The van der Waals surface area contributed by atoms with Gasteiger partial charge in [0, 0.05) is 17.5 Å². The summed E-state index contributed by atoms with van der Waals surface area (Å²) >= 11 is 0. The standard InChI is InChI=1S/C44H39N7O2/c1-3-4-24-39-38(42(53)50-30(2)41(52)46-43(50)45-39)29-31-25-27-32(28-26-31)36-22-14-15-23-37(36)40-47-48-49-51(40)44(33-16-8-5-9-17-33,34-18-10-6-11-19-34)35-20-12-7-13-21-35/h5-23,25-28,30H,3-4,24,29H2,1-2H3,(H,45,46,52). The smallest absolute Gasteiger partial charge is 0.259 e. The predicted molar refractivity (Wildman–Crippen MR) is 207 cm³/mol. The molecule has 8 rings (SSSR count). The SMILES string of the molecule is CCCCc1nc2n(c(=O)c1Cc1ccc(-c3ccccc3-c3nnnn3C(c3ccccc3)(c3ccccc3)c3ccccc3)cc1)C(C)C(=O)N2. The van der Waals surface area contributed by atoms with Crippen molar-refractivity contribution in [2.75, 3.05) is 5.32 Å². The maximum absolute atomic E-state index is 13.8. The molecule has 7 aromatic rings. The first-order valence-corrected chi connectivity index (χ1v) is 18.1. The first-order chi connectivity index (χ1) is 26.0. The fraction of sp³-hybridized carbons (Fsp3) is 0.182. The Bertz CT molecular complexity index is 2340. The topological polar surface area (TPSA) is 108 Å². The molecular weight excluding hydrogens is 659 g/mol. The molecule has 5 aromatic carbocycles. The fourth-order valence-electron chi connectivity index (χ4n) is 7.54. The van der Waals surface area contributed by atoms with Crippen LogP contribution in [0.25, 0.3) is 22.5 Å². The molecule has 1 atom stereocenters. The van der Waals surface area contributed by atoms with Crippen molar-refractivity contribution in [3.8, 4) is 22.5 Å². The summed E-state index contributed by atoms with van der Waals surface area (Å²) in [5.74, 6) is 0.750. The van der Waals surface area contributed by atoms with Crippen LogP contribution in [0.5, 0.6) is 0 Å². The number of carbonyl (C=O) groups is 1. The van der Waals surface area contributed by atoms with E-state index in [9.17, 15) is 9.59 Å². The number of rotatable bonds is 11. The summed E-state index contributed by atoms with van der Waals surface area (Å²) in [6.07, 6.45) is 2.97. The lowest BCUT2D eigenvalue weighted by Gasteiger charge is -2.36. The summed E-state index contributed by atoms with van der Waals surface area (Å²) in [5, 5.41) is 16.5. The lowest BCUT2D eigenvalue weighted by atomic mass is 9.77. The lowest BCUT2D eigenvalue weighted by Crippen LogP contribution is -2.39. The van der Waals surface area contributed by atoms with Gasteiger partial charge in [0.2, 0.25) is 11.9 Å². The Labute approximate surface area is 308 Å². The number of amides is 1. The van der Waals surface area contributed by atoms with Crippen LogP contribution in [0.4, 0.5) is 5.95 Å². The van der Waals surface area contributed by atoms with Gasteiger partial charge in [0.15, 0.2) is 5.82 Å². The minimum atomic E-state index is -0.884. The molecule has 53 heavy (non-hydrogen) atoms. The van der Waals surface area contributed by atoms with E-state index in [1.165, 1.54) is 4.57 Å². The van der Waals surface area contributed by atoms with Gasteiger partial charge in [0.1, 0.15) is 11.6 Å². The van der Waals surface area contributed by atoms with Crippen LogP contribution in [0.3, 0.4) is 0 Å². The van der Waals surface area contributed by atoms with Gasteiger partial charge in [-0.2, -0.15) is 0 Å². The van der Waals surface area contributed by atoms with E-state index in [-0.39, 0.29) is 11.5 Å². The first-order valence-electron chi connectivity index (χ1n) is 18.1. The predicted octanol–water partition coefficient (Wildman–Crippen LogP) is 7.85. The van der Waals surface area contributed by atoms with E-state index in [1.807, 2.05) is 71.4 Å². The number of aromatic nitrogens is 6. The second-order valence-corrected chi connectivity index (χ2v) is 13.4. The number of hydrogen-bond donors (Lipinski definition) is 1. The van der Waals surface area contributed by atoms with E-state index in [0.717, 1.165) is 57.5 Å². The number of nitrogens with zero attached hydrogens (tertiary/aromatic N) is 6. The summed E-state index contributed by atoms with van der Waals surface area (Å²) in [4.78, 5) is 31.0. The number of benzene rings is 5. The van der Waals surface area contributed by atoms with E-state index in [4.69, 9.17) is 15.3 Å². The second-order valence-electron chi connectivity index (χ2n) is 13.4. The summed E-state index contributed by atoms with van der Waals surface area (Å²) in [7, 11) is 0. The van der Waals surface area contributed by atoms with Crippen molar-refractivity contribution in [3.05, 3.63) is 183 Å². The highest BCUT2D eigenvalue weighted by molar-refractivity contribution is 5.95. The van der Waals surface area contributed by atoms with Crippen LogP contribution in [0.1, 0.15) is 66.2 Å². The van der Waals surface area contributed by atoms with Crippen molar-refractivity contribution < 1.29 is 4.79 Å². The molecule has 9 heteroatoms. The normalized spacial score (nSPS) is 13.8. The number of hydrogen-bond acceptors (Lipinski definition) is 6. The van der Waals surface area contributed by atoms with Crippen LogP contribution in [0, 0.1) is 0 Å². The van der Waals surface area contributed by atoms with E-state index in [1.54, 1.807) is 6.92 Å². The van der Waals surface area contributed by atoms with Crippen LogP contribution < -0.4 is 10.9 Å². The number of aryl methyl sites for hydroxylation is 1. The van der Waals surface area contributed by atoms with E-state index in [2.05, 4.69) is 90.3 Å². The van der Waals surface area contributed by atoms with Gasteiger partial charge < -0.3 is 0 Å². The zero-order valence-electron chi connectivity index (χ0n) is 29.7. The van der Waals surface area contributed by atoms with E-state index in [0.29, 0.717) is 30.2 Å². The van der Waals surface area contributed by atoms with Gasteiger partial charge in [0.25, 0.3) is 5.56 Å². The molecular formula is C44H39N7O2. The van der Waals surface area contributed by atoms with Crippen molar-refractivity contribution in [2.45, 2.75) is 51.1 Å². The Balaban J connectivity index is 1.22. The third kappa shape index (κ3) is 5.94. The molecule has 262 valence electrons. The minimum Gasteiger partial charge on any atom is -0.294 e. The van der Waals surface area contributed by atoms with Crippen molar-refractivity contribution in [3.63, 3.8) is 0 Å². The Morgan fingerprint density at radius 2 is 1.28 bits per heavy atom. The molecule has 0 saturated carbocycles. The van der Waals surface area contributed by atoms with Crippen molar-refractivity contribution in [1.82, 2.24) is 29.8 Å². The molecule has 0 saturated heterocycles. The van der Waals surface area contributed by atoms with Crippen LogP contribution in [0.15, 0.2) is 144 Å². The van der Waals surface area contributed by atoms with Crippen molar-refractivity contribution >= 4 is 11.9 Å². The first kappa shape index (κ1) is 33.7. The van der Waals surface area contributed by atoms with Gasteiger partial charge in [-0.25, -0.2) is 9.67 Å². The highest BCUT2D eigenvalue weighted by Gasteiger charge is 2.42. The number of fused-ring (bicyclic) bond motifs is 1. The second kappa shape index (κ2) is 14.3. The Kier molecular flexibility index (Phi) is 9.06. The van der Waals surface area contributed by atoms with Crippen LogP contribution >= 0.6 is 0 Å². The molecule has 1 unspecified atom stereocenters. The Morgan fingerprint density at radius 1 is 0.717 bits per heavy atom. The molecule has 0 fully saturated rings.